The number of nitrogens with zero attached hydrogens (tertiary/aromatic N) is 4. The minimum absolute atomic E-state index is 0.162. The lowest BCUT2D eigenvalue weighted by Gasteiger charge is -2.21. The number of amides is 2. The Morgan fingerprint density at radius 2 is 1.67 bits per heavy atom. The Hall–Kier alpha value is -4.08. The smallest absolute Gasteiger partial charge is 0.324 e. The van der Waals surface area contributed by atoms with Gasteiger partial charge in [-0.1, -0.05) is 50.2 Å². The lowest BCUT2D eigenvalue weighted by molar-refractivity contribution is 0.0843. The van der Waals surface area contributed by atoms with Crippen LogP contribution in [-0.4, -0.2) is 38.4 Å². The van der Waals surface area contributed by atoms with Gasteiger partial charge in [0.05, 0.1) is 11.4 Å². The van der Waals surface area contributed by atoms with Crippen molar-refractivity contribution >= 4 is 34.9 Å². The Kier molecular flexibility index (Phi) is 7.79. The number of hydrogen-bond acceptors (Lipinski definition) is 5. The molecule has 6 rings (SSSR count). The molecule has 8 nitrogen and oxygen atoms in total. The number of rotatable bonds is 6. The first-order valence-electron chi connectivity index (χ1n) is 14.3. The SMILES string of the molecule is Cc1ccc(-n2nc(C(C)(C)C)cc2NC(=O)Nc2ccc(Sc3ccc4ncc(C5CCOCC5)n4c3)cc2)cc1. The molecule has 9 heteroatoms. The van der Waals surface area contributed by atoms with E-state index in [0.29, 0.717) is 17.4 Å². The normalized spacial score (nSPS) is 14.3. The molecule has 0 aliphatic carbocycles. The largest absolute Gasteiger partial charge is 0.381 e. The van der Waals surface area contributed by atoms with Gasteiger partial charge in [-0.15, -0.1) is 0 Å². The van der Waals surface area contributed by atoms with Gasteiger partial charge in [-0.05, 0) is 68.3 Å². The molecule has 42 heavy (non-hydrogen) atoms. The van der Waals surface area contributed by atoms with E-state index in [2.05, 4.69) is 59.1 Å². The van der Waals surface area contributed by atoms with Crippen molar-refractivity contribution in [3.63, 3.8) is 0 Å². The molecule has 1 aliphatic heterocycles. The fourth-order valence-corrected chi connectivity index (χ4v) is 5.91. The highest BCUT2D eigenvalue weighted by atomic mass is 32.2. The van der Waals surface area contributed by atoms with Gasteiger partial charge in [-0.2, -0.15) is 5.10 Å². The summed E-state index contributed by atoms with van der Waals surface area (Å²) in [6.07, 6.45) is 6.22. The van der Waals surface area contributed by atoms with E-state index in [-0.39, 0.29) is 11.4 Å². The van der Waals surface area contributed by atoms with Crippen molar-refractivity contribution in [3.05, 3.63) is 96.1 Å². The quantitative estimate of drug-likeness (QED) is 0.214. The third kappa shape index (κ3) is 6.22. The first kappa shape index (κ1) is 28.1. The third-order valence-corrected chi connectivity index (χ3v) is 8.48. The van der Waals surface area contributed by atoms with Gasteiger partial charge in [-0.25, -0.2) is 14.5 Å². The average molecular weight is 581 g/mol. The number of aromatic nitrogens is 4. The first-order chi connectivity index (χ1) is 20.2. The molecule has 4 heterocycles. The Morgan fingerprint density at radius 3 is 2.38 bits per heavy atom. The van der Waals surface area contributed by atoms with Gasteiger partial charge in [0, 0.05) is 64.2 Å². The van der Waals surface area contributed by atoms with Crippen LogP contribution in [0.3, 0.4) is 0 Å². The summed E-state index contributed by atoms with van der Waals surface area (Å²) >= 11 is 1.68. The van der Waals surface area contributed by atoms with Gasteiger partial charge in [0.2, 0.25) is 0 Å². The number of carbonyl (C=O) groups is 1. The maximum absolute atomic E-state index is 13.0. The average Bonchev–Trinajstić information content (AvgIpc) is 3.59. The molecule has 1 aliphatic rings. The molecule has 0 bridgehead atoms. The standard InChI is InChI=1S/C33H36N6O2S/c1-22-5-9-25(10-6-22)39-31(19-29(37-39)33(2,3)4)36-32(40)35-24-7-11-26(12-8-24)42-27-13-14-30-34-20-28(38(30)21-27)23-15-17-41-18-16-23/h5-14,19-21,23H,15-18H2,1-4H3,(H2,35,36,40). The Bertz CT molecular complexity index is 1690. The third-order valence-electron chi connectivity index (χ3n) is 7.49. The van der Waals surface area contributed by atoms with E-state index in [1.54, 1.807) is 16.4 Å². The van der Waals surface area contributed by atoms with Crippen molar-refractivity contribution in [2.45, 2.75) is 61.7 Å². The predicted molar refractivity (Wildman–Crippen MR) is 168 cm³/mol. The lowest BCUT2D eigenvalue weighted by Crippen LogP contribution is -2.21. The molecule has 5 aromatic rings. The van der Waals surface area contributed by atoms with Gasteiger partial charge < -0.3 is 14.5 Å². The van der Waals surface area contributed by atoms with Crippen LogP contribution in [0, 0.1) is 6.92 Å². The van der Waals surface area contributed by atoms with E-state index in [1.165, 1.54) is 5.69 Å². The number of ether oxygens (including phenoxy) is 1. The molecule has 2 aromatic carbocycles. The summed E-state index contributed by atoms with van der Waals surface area (Å²) in [5.41, 5.74) is 5.71. The number of pyridine rings is 1. The predicted octanol–water partition coefficient (Wildman–Crippen LogP) is 7.82. The zero-order valence-corrected chi connectivity index (χ0v) is 25.2. The number of fused-ring (bicyclic) bond motifs is 1. The van der Waals surface area contributed by atoms with Crippen LogP contribution in [0.4, 0.5) is 16.3 Å². The second-order valence-electron chi connectivity index (χ2n) is 11.8. The van der Waals surface area contributed by atoms with Crippen molar-refractivity contribution in [1.82, 2.24) is 19.2 Å². The van der Waals surface area contributed by atoms with Crippen LogP contribution in [0.1, 0.15) is 56.5 Å². The van der Waals surface area contributed by atoms with Gasteiger partial charge in [-0.3, -0.25) is 5.32 Å². The molecule has 216 valence electrons. The highest BCUT2D eigenvalue weighted by Crippen LogP contribution is 2.32. The Morgan fingerprint density at radius 1 is 0.952 bits per heavy atom. The molecule has 0 radical (unpaired) electrons. The number of benzene rings is 2. The van der Waals surface area contributed by atoms with Crippen molar-refractivity contribution in [1.29, 1.82) is 0 Å². The fourth-order valence-electron chi connectivity index (χ4n) is 5.08. The molecule has 1 saturated heterocycles. The van der Waals surface area contributed by atoms with Crippen LogP contribution in [0.5, 0.6) is 0 Å². The van der Waals surface area contributed by atoms with Crippen LogP contribution >= 0.6 is 11.8 Å². The van der Waals surface area contributed by atoms with Crippen molar-refractivity contribution in [3.8, 4) is 5.69 Å². The second kappa shape index (κ2) is 11.7. The van der Waals surface area contributed by atoms with E-state index < -0.39 is 0 Å². The summed E-state index contributed by atoms with van der Waals surface area (Å²) in [4.78, 5) is 19.9. The molecule has 0 atom stereocenters. The summed E-state index contributed by atoms with van der Waals surface area (Å²) < 4.78 is 9.54. The first-order valence-corrected chi connectivity index (χ1v) is 15.1. The molecular weight excluding hydrogens is 544 g/mol. The molecule has 1 fully saturated rings. The van der Waals surface area contributed by atoms with E-state index in [4.69, 9.17) is 9.84 Å². The van der Waals surface area contributed by atoms with Gasteiger partial charge in [0.1, 0.15) is 11.5 Å². The Balaban J connectivity index is 1.14. The van der Waals surface area contributed by atoms with E-state index in [0.717, 1.165) is 58.4 Å². The van der Waals surface area contributed by atoms with E-state index >= 15 is 0 Å². The number of hydrogen-bond donors (Lipinski definition) is 2. The highest BCUT2D eigenvalue weighted by Gasteiger charge is 2.22. The molecule has 0 unspecified atom stereocenters. The van der Waals surface area contributed by atoms with Crippen LogP contribution in [0.25, 0.3) is 11.3 Å². The molecule has 2 N–H and O–H groups in total. The summed E-state index contributed by atoms with van der Waals surface area (Å²) in [5, 5.41) is 10.8. The monoisotopic (exact) mass is 580 g/mol. The molecule has 2 amide bonds. The van der Waals surface area contributed by atoms with Crippen LogP contribution < -0.4 is 10.6 Å². The van der Waals surface area contributed by atoms with Gasteiger partial charge >= 0.3 is 6.03 Å². The number of carbonyl (C=O) groups excluding carboxylic acids is 1. The number of aryl methyl sites for hydroxylation is 1. The maximum atomic E-state index is 13.0. The summed E-state index contributed by atoms with van der Waals surface area (Å²) in [7, 11) is 0. The fraction of sp³-hybridized carbons (Fsp3) is 0.303. The highest BCUT2D eigenvalue weighted by molar-refractivity contribution is 7.99. The van der Waals surface area contributed by atoms with E-state index in [1.807, 2.05) is 67.7 Å². The summed E-state index contributed by atoms with van der Waals surface area (Å²) in [6.45, 7) is 9.98. The topological polar surface area (TPSA) is 85.5 Å². The zero-order chi connectivity index (χ0) is 29.3. The minimum atomic E-state index is -0.324. The van der Waals surface area contributed by atoms with Crippen molar-refractivity contribution < 1.29 is 9.53 Å². The number of urea groups is 1. The van der Waals surface area contributed by atoms with Crippen LogP contribution in [-0.2, 0) is 10.2 Å². The maximum Gasteiger partial charge on any atom is 0.324 e. The van der Waals surface area contributed by atoms with Gasteiger partial charge in [0.25, 0.3) is 0 Å². The van der Waals surface area contributed by atoms with Crippen molar-refractivity contribution in [2.24, 2.45) is 0 Å². The molecule has 3 aromatic heterocycles. The zero-order valence-electron chi connectivity index (χ0n) is 24.4. The molecular formula is C33H36N6O2S. The van der Waals surface area contributed by atoms with E-state index in [9.17, 15) is 4.79 Å². The summed E-state index contributed by atoms with van der Waals surface area (Å²) in [5.74, 6) is 1.09. The van der Waals surface area contributed by atoms with Crippen LogP contribution in [0.15, 0.2) is 88.9 Å². The van der Waals surface area contributed by atoms with Gasteiger partial charge in [0.15, 0.2) is 0 Å². The van der Waals surface area contributed by atoms with Crippen LogP contribution in [0.2, 0.25) is 0 Å². The van der Waals surface area contributed by atoms with Crippen molar-refractivity contribution in [2.75, 3.05) is 23.8 Å². The summed E-state index contributed by atoms with van der Waals surface area (Å²) in [6, 6.07) is 21.7. The molecule has 0 saturated carbocycles. The number of nitrogens with one attached hydrogen (secondary N) is 2. The Labute approximate surface area is 250 Å². The second-order valence-corrected chi connectivity index (χ2v) is 12.9. The lowest BCUT2D eigenvalue weighted by atomic mass is 9.92. The molecule has 0 spiro atoms. The minimum Gasteiger partial charge on any atom is -0.381 e. The number of imidazole rings is 1. The number of anilines is 2.